The number of amides is 3. The summed E-state index contributed by atoms with van der Waals surface area (Å²) < 4.78 is 4.97. The average molecular weight is 218 g/mol. The summed E-state index contributed by atoms with van der Waals surface area (Å²) in [4.78, 5) is 22.2. The molecule has 4 atom stereocenters. The molecule has 2 heterocycles. The fourth-order valence-corrected chi connectivity index (χ4v) is 1.71. The Bertz CT molecular complexity index is 321. The number of carbonyl (C=O) groups is 2. The first-order valence-corrected chi connectivity index (χ1v) is 4.29. The number of aliphatic hydroxyl groups excluding tert-OH is 3. The normalized spacial score (nSPS) is 44.6. The molecule has 5 N–H and O–H groups in total. The smallest absolute Gasteiger partial charge is 0.324 e. The van der Waals surface area contributed by atoms with Crippen molar-refractivity contribution in [1.29, 1.82) is 0 Å². The first-order chi connectivity index (χ1) is 7.01. The minimum absolute atomic E-state index is 0.566. The van der Waals surface area contributed by atoms with Gasteiger partial charge < -0.3 is 20.1 Å². The zero-order valence-corrected chi connectivity index (χ0v) is 7.51. The van der Waals surface area contributed by atoms with E-state index >= 15 is 0 Å². The number of hydrogen-bond acceptors (Lipinski definition) is 6. The number of imide groups is 1. The summed E-state index contributed by atoms with van der Waals surface area (Å²) in [5.74, 6) is -0.880. The average Bonchev–Trinajstić information content (AvgIpc) is 2.60. The molecular weight excluding hydrogens is 208 g/mol. The van der Waals surface area contributed by atoms with Gasteiger partial charge in [-0.05, 0) is 0 Å². The molecule has 8 nitrogen and oxygen atoms in total. The number of aliphatic hydroxyl groups is 3. The van der Waals surface area contributed by atoms with Gasteiger partial charge in [0.05, 0.1) is 6.61 Å². The lowest BCUT2D eigenvalue weighted by atomic mass is 10.0. The Morgan fingerprint density at radius 3 is 2.47 bits per heavy atom. The summed E-state index contributed by atoms with van der Waals surface area (Å²) >= 11 is 0. The van der Waals surface area contributed by atoms with Crippen molar-refractivity contribution >= 4 is 11.9 Å². The summed E-state index contributed by atoms with van der Waals surface area (Å²) in [6.45, 7) is -0.566. The summed E-state index contributed by atoms with van der Waals surface area (Å²) in [6, 6.07) is -0.815. The lowest BCUT2D eigenvalue weighted by Crippen LogP contribution is -2.56. The molecule has 2 unspecified atom stereocenters. The van der Waals surface area contributed by atoms with Crippen LogP contribution in [0.25, 0.3) is 0 Å². The molecule has 2 rings (SSSR count). The zero-order valence-electron chi connectivity index (χ0n) is 7.51. The van der Waals surface area contributed by atoms with Gasteiger partial charge in [-0.1, -0.05) is 0 Å². The van der Waals surface area contributed by atoms with Crippen molar-refractivity contribution in [3.05, 3.63) is 0 Å². The molecule has 84 valence electrons. The minimum atomic E-state index is -1.98. The molecule has 0 aliphatic carbocycles. The highest BCUT2D eigenvalue weighted by Gasteiger charge is 2.63. The summed E-state index contributed by atoms with van der Waals surface area (Å²) in [5, 5.41) is 31.8. The fraction of sp³-hybridized carbons (Fsp3) is 0.714. The second kappa shape index (κ2) is 3.14. The van der Waals surface area contributed by atoms with Gasteiger partial charge in [0.1, 0.15) is 18.3 Å². The van der Waals surface area contributed by atoms with E-state index in [9.17, 15) is 19.8 Å². The Morgan fingerprint density at radius 1 is 1.40 bits per heavy atom. The third-order valence-electron chi connectivity index (χ3n) is 2.50. The van der Waals surface area contributed by atoms with Crippen LogP contribution in [-0.4, -0.2) is 57.9 Å². The van der Waals surface area contributed by atoms with Crippen LogP contribution in [0.5, 0.6) is 0 Å². The first kappa shape index (κ1) is 10.3. The number of carbonyl (C=O) groups excluding carboxylic acids is 2. The van der Waals surface area contributed by atoms with Gasteiger partial charge in [-0.2, -0.15) is 0 Å². The van der Waals surface area contributed by atoms with Crippen LogP contribution < -0.4 is 10.6 Å². The largest absolute Gasteiger partial charge is 0.394 e. The van der Waals surface area contributed by atoms with Crippen molar-refractivity contribution in [2.45, 2.75) is 24.0 Å². The molecule has 0 aromatic carbocycles. The monoisotopic (exact) mass is 218 g/mol. The van der Waals surface area contributed by atoms with Crippen molar-refractivity contribution < 1.29 is 29.6 Å². The predicted molar refractivity (Wildman–Crippen MR) is 43.4 cm³/mol. The molecule has 2 saturated heterocycles. The SMILES string of the molecule is O=C1NC(=O)[C@@]2(N1)O[C@H](CO)C(O)C2O. The number of urea groups is 1. The van der Waals surface area contributed by atoms with Gasteiger partial charge in [0.15, 0.2) is 0 Å². The summed E-state index contributed by atoms with van der Waals surface area (Å²) in [5.41, 5.74) is -1.98. The Labute approximate surface area is 83.8 Å². The molecule has 8 heteroatoms. The highest BCUT2D eigenvalue weighted by atomic mass is 16.6. The molecule has 0 aromatic heterocycles. The summed E-state index contributed by atoms with van der Waals surface area (Å²) in [7, 11) is 0. The Balaban J connectivity index is 2.30. The predicted octanol–water partition coefficient (Wildman–Crippen LogP) is -3.36. The Hall–Kier alpha value is -1.22. The second-order valence-corrected chi connectivity index (χ2v) is 3.42. The standard InChI is InChI=1S/C7H10N2O6/c10-1-2-3(11)4(12)7(15-2)5(13)8-6(14)9-7/h2-4,10-12H,1H2,(H2,8,9,13,14)/t2-,3?,4?,7+/m1/s1. The molecule has 2 aliphatic rings. The van der Waals surface area contributed by atoms with E-state index in [1.165, 1.54) is 0 Å². The van der Waals surface area contributed by atoms with Crippen LogP contribution in [0.15, 0.2) is 0 Å². The molecular formula is C7H10N2O6. The van der Waals surface area contributed by atoms with Gasteiger partial charge >= 0.3 is 6.03 Å². The van der Waals surface area contributed by atoms with Crippen molar-refractivity contribution in [3.8, 4) is 0 Å². The summed E-state index contributed by atoms with van der Waals surface area (Å²) in [6.07, 6.45) is -4.15. The van der Waals surface area contributed by atoms with E-state index in [2.05, 4.69) is 5.32 Å². The van der Waals surface area contributed by atoms with E-state index in [4.69, 9.17) is 9.84 Å². The number of hydrogen-bond donors (Lipinski definition) is 5. The van der Waals surface area contributed by atoms with Crippen molar-refractivity contribution in [2.24, 2.45) is 0 Å². The van der Waals surface area contributed by atoms with Crippen LogP contribution in [-0.2, 0) is 9.53 Å². The minimum Gasteiger partial charge on any atom is -0.394 e. The van der Waals surface area contributed by atoms with Gasteiger partial charge in [0.25, 0.3) is 11.6 Å². The van der Waals surface area contributed by atoms with Crippen LogP contribution in [0, 0.1) is 0 Å². The third kappa shape index (κ3) is 1.23. The van der Waals surface area contributed by atoms with E-state index in [1.54, 1.807) is 0 Å². The van der Waals surface area contributed by atoms with E-state index in [0.717, 1.165) is 0 Å². The lowest BCUT2D eigenvalue weighted by Gasteiger charge is -2.22. The zero-order chi connectivity index (χ0) is 11.2. The van der Waals surface area contributed by atoms with Gasteiger partial charge in [-0.25, -0.2) is 4.79 Å². The van der Waals surface area contributed by atoms with Gasteiger partial charge in [-0.15, -0.1) is 0 Å². The van der Waals surface area contributed by atoms with Crippen molar-refractivity contribution in [2.75, 3.05) is 6.61 Å². The molecule has 0 saturated carbocycles. The molecule has 0 radical (unpaired) electrons. The molecule has 1 spiro atoms. The fourth-order valence-electron chi connectivity index (χ4n) is 1.71. The van der Waals surface area contributed by atoms with Crippen molar-refractivity contribution in [1.82, 2.24) is 10.6 Å². The van der Waals surface area contributed by atoms with Gasteiger partial charge in [0.2, 0.25) is 0 Å². The maximum Gasteiger partial charge on any atom is 0.324 e. The molecule has 15 heavy (non-hydrogen) atoms. The quantitative estimate of drug-likeness (QED) is 0.292. The van der Waals surface area contributed by atoms with E-state index in [-0.39, 0.29) is 0 Å². The number of ether oxygens (including phenoxy) is 1. The molecule has 3 amide bonds. The van der Waals surface area contributed by atoms with Crippen LogP contribution in [0.4, 0.5) is 4.79 Å². The molecule has 0 bridgehead atoms. The van der Waals surface area contributed by atoms with Crippen LogP contribution in [0.2, 0.25) is 0 Å². The Kier molecular flexibility index (Phi) is 2.15. The van der Waals surface area contributed by atoms with Crippen LogP contribution in [0.3, 0.4) is 0 Å². The highest BCUT2D eigenvalue weighted by Crippen LogP contribution is 2.31. The number of nitrogens with one attached hydrogen (secondary N) is 2. The van der Waals surface area contributed by atoms with E-state index < -0.39 is 42.6 Å². The Morgan fingerprint density at radius 2 is 2.07 bits per heavy atom. The van der Waals surface area contributed by atoms with Crippen LogP contribution >= 0.6 is 0 Å². The van der Waals surface area contributed by atoms with E-state index in [0.29, 0.717) is 0 Å². The maximum absolute atomic E-state index is 11.4. The second-order valence-electron chi connectivity index (χ2n) is 3.42. The topological polar surface area (TPSA) is 128 Å². The van der Waals surface area contributed by atoms with Crippen LogP contribution in [0.1, 0.15) is 0 Å². The lowest BCUT2D eigenvalue weighted by molar-refractivity contribution is -0.153. The van der Waals surface area contributed by atoms with Gasteiger partial charge in [0, 0.05) is 0 Å². The molecule has 0 aromatic rings. The molecule has 2 fully saturated rings. The van der Waals surface area contributed by atoms with Crippen molar-refractivity contribution in [3.63, 3.8) is 0 Å². The first-order valence-electron chi connectivity index (χ1n) is 4.29. The van der Waals surface area contributed by atoms with Gasteiger partial charge in [-0.3, -0.25) is 15.4 Å². The third-order valence-corrected chi connectivity index (χ3v) is 2.50. The highest BCUT2D eigenvalue weighted by molar-refractivity contribution is 6.06. The molecule has 2 aliphatic heterocycles. The number of rotatable bonds is 1. The maximum atomic E-state index is 11.4. The van der Waals surface area contributed by atoms with E-state index in [1.807, 2.05) is 5.32 Å².